The number of furan rings is 2. The van der Waals surface area contributed by atoms with Gasteiger partial charge >= 0.3 is 12.2 Å². The summed E-state index contributed by atoms with van der Waals surface area (Å²) in [4.78, 5) is 70.4. The molecule has 2 saturated heterocycles. The molecule has 15 nitrogen and oxygen atoms in total. The zero-order valence-corrected chi connectivity index (χ0v) is 32.8. The Balaban J connectivity index is 1.09. The third-order valence-corrected chi connectivity index (χ3v) is 10.6. The molecule has 4 atom stereocenters. The molecule has 0 aliphatic carbocycles. The van der Waals surface area contributed by atoms with Gasteiger partial charge in [-0.3, -0.25) is 9.59 Å². The maximum atomic E-state index is 13.6. The lowest BCUT2D eigenvalue weighted by Crippen LogP contribution is -2.51. The largest absolute Gasteiger partial charge is 0.456 e. The van der Waals surface area contributed by atoms with Crippen molar-refractivity contribution in [2.45, 2.75) is 77.5 Å². The summed E-state index contributed by atoms with van der Waals surface area (Å²) >= 11 is 0. The second-order valence-electron chi connectivity index (χ2n) is 15.0. The number of fused-ring (bicyclic) bond motifs is 5. The molecule has 4 aromatic heterocycles. The maximum Gasteiger partial charge on any atom is 0.407 e. The van der Waals surface area contributed by atoms with E-state index in [0.29, 0.717) is 47.3 Å². The fourth-order valence-electron chi connectivity index (χ4n) is 7.72. The summed E-state index contributed by atoms with van der Waals surface area (Å²) in [6.45, 7) is 8.64. The van der Waals surface area contributed by atoms with Crippen LogP contribution in [-0.2, 0) is 19.1 Å². The molecule has 7 rings (SSSR count). The number of likely N-dealkylation sites (tertiary alicyclic amines) is 2. The van der Waals surface area contributed by atoms with Gasteiger partial charge in [-0.05, 0) is 73.6 Å². The van der Waals surface area contributed by atoms with Crippen molar-refractivity contribution < 1.29 is 33.1 Å². The minimum absolute atomic E-state index is 0.132. The first-order valence-electron chi connectivity index (χ1n) is 19.2. The molecule has 15 heteroatoms. The third kappa shape index (κ3) is 7.83. The van der Waals surface area contributed by atoms with Crippen LogP contribution in [0.4, 0.5) is 9.59 Å². The van der Waals surface area contributed by atoms with Gasteiger partial charge in [0.15, 0.2) is 0 Å². The lowest BCUT2D eigenvalue weighted by Gasteiger charge is -2.29. The van der Waals surface area contributed by atoms with Crippen LogP contribution in [0, 0.1) is 35.5 Å². The Morgan fingerprint density at radius 2 is 1.12 bits per heavy atom. The molecule has 5 aromatic rings. The van der Waals surface area contributed by atoms with Crippen molar-refractivity contribution in [2.75, 3.05) is 27.3 Å². The Morgan fingerprint density at radius 1 is 0.702 bits per heavy atom. The van der Waals surface area contributed by atoms with E-state index in [0.717, 1.165) is 47.6 Å². The summed E-state index contributed by atoms with van der Waals surface area (Å²) < 4.78 is 15.6. The molecule has 2 bridgehead atoms. The van der Waals surface area contributed by atoms with Crippen LogP contribution >= 0.6 is 0 Å². The summed E-state index contributed by atoms with van der Waals surface area (Å²) in [6.07, 6.45) is 5.14. The van der Waals surface area contributed by atoms with Gasteiger partial charge in [-0.15, -0.1) is 0 Å². The first-order valence-corrected chi connectivity index (χ1v) is 19.2. The average Bonchev–Trinajstić information content (AvgIpc) is 4.06. The van der Waals surface area contributed by atoms with Crippen LogP contribution in [0.15, 0.2) is 41.1 Å². The summed E-state index contributed by atoms with van der Waals surface area (Å²) in [5, 5.41) is 7.08. The van der Waals surface area contributed by atoms with Crippen molar-refractivity contribution in [1.29, 1.82) is 0 Å². The van der Waals surface area contributed by atoms with E-state index in [-0.39, 0.29) is 35.7 Å². The minimum atomic E-state index is -0.719. The van der Waals surface area contributed by atoms with E-state index >= 15 is 0 Å². The number of amides is 4. The van der Waals surface area contributed by atoms with Gasteiger partial charge in [0.05, 0.1) is 38.7 Å². The Labute approximate surface area is 330 Å². The van der Waals surface area contributed by atoms with Crippen molar-refractivity contribution in [3.63, 3.8) is 0 Å². The number of methoxy groups -OCH3 is 2. The molecule has 0 radical (unpaired) electrons. The smallest absolute Gasteiger partial charge is 0.407 e. The highest BCUT2D eigenvalue weighted by Gasteiger charge is 2.39. The first-order chi connectivity index (χ1) is 27.5. The van der Waals surface area contributed by atoms with Crippen LogP contribution in [-0.4, -0.2) is 93.1 Å². The normalized spacial score (nSPS) is 17.7. The van der Waals surface area contributed by atoms with Crippen LogP contribution < -0.4 is 10.6 Å². The van der Waals surface area contributed by atoms with Gasteiger partial charge in [-0.2, -0.15) is 0 Å². The van der Waals surface area contributed by atoms with Gasteiger partial charge in [-0.1, -0.05) is 39.5 Å². The van der Waals surface area contributed by atoms with Crippen molar-refractivity contribution in [3.05, 3.63) is 70.8 Å². The second kappa shape index (κ2) is 16.3. The van der Waals surface area contributed by atoms with Gasteiger partial charge in [0, 0.05) is 35.0 Å². The number of hydrogen-bond acceptors (Lipinski definition) is 9. The number of benzene rings is 2. The van der Waals surface area contributed by atoms with Crippen LogP contribution in [0.1, 0.15) is 99.6 Å². The third-order valence-electron chi connectivity index (χ3n) is 10.6. The number of carbonyl (C=O) groups excluding carboxylic acids is 4. The topological polar surface area (TPSA) is 188 Å². The molecule has 6 heterocycles. The van der Waals surface area contributed by atoms with E-state index in [1.807, 2.05) is 52.0 Å². The summed E-state index contributed by atoms with van der Waals surface area (Å²) in [5.74, 6) is 13.6. The van der Waals surface area contributed by atoms with Gasteiger partial charge in [-0.25, -0.2) is 19.6 Å². The van der Waals surface area contributed by atoms with Crippen LogP contribution in [0.3, 0.4) is 0 Å². The summed E-state index contributed by atoms with van der Waals surface area (Å²) in [5.41, 5.74) is 4.14. The standard InChI is InChI=1S/C42H46N8O7/c1-23(2)35(47-41(53)55-5)39(51)49-19-7-9-29(49)37-43-21-27(45-37)15-13-25-11-12-26(34-32-18-17-31(57-32)33(25)34)14-16-28-22-44-38(46-28)30-10-8-20-50(30)40(52)36(24(3)4)48-42(54)56-6/h11-12,17-18,21-24,29-30,35-36H,7-10,19-20H2,1-6H3,(H,43,45)(H,44,46)(H,47,53)(H,48,54)/t29-,30-,35-,36-/m0/s1. The predicted octanol–water partition coefficient (Wildman–Crippen LogP) is 5.36. The van der Waals surface area contributed by atoms with Gasteiger partial charge in [0.1, 0.15) is 46.3 Å². The fourth-order valence-corrected chi connectivity index (χ4v) is 7.72. The number of imidazole rings is 2. The van der Waals surface area contributed by atoms with E-state index in [2.05, 4.69) is 54.3 Å². The second-order valence-corrected chi connectivity index (χ2v) is 15.0. The zero-order valence-electron chi connectivity index (χ0n) is 32.8. The van der Waals surface area contributed by atoms with Crippen molar-refractivity contribution >= 4 is 45.9 Å². The molecule has 57 heavy (non-hydrogen) atoms. The van der Waals surface area contributed by atoms with Gasteiger partial charge in [0.25, 0.3) is 0 Å². The number of carbonyl (C=O) groups is 4. The number of nitrogens with one attached hydrogen (secondary N) is 4. The van der Waals surface area contributed by atoms with Gasteiger partial charge in [0.2, 0.25) is 11.8 Å². The molecule has 296 valence electrons. The molecule has 2 aliphatic heterocycles. The zero-order chi connectivity index (χ0) is 40.4. The lowest BCUT2D eigenvalue weighted by molar-refractivity contribution is -0.136. The van der Waals surface area contributed by atoms with Crippen LogP contribution in [0.2, 0.25) is 0 Å². The average molecular weight is 775 g/mol. The van der Waals surface area contributed by atoms with E-state index in [4.69, 9.17) is 13.9 Å². The molecule has 0 saturated carbocycles. The van der Waals surface area contributed by atoms with Gasteiger partial charge < -0.3 is 44.3 Å². The van der Waals surface area contributed by atoms with E-state index in [1.165, 1.54) is 14.2 Å². The molecule has 0 spiro atoms. The number of aromatic amines is 2. The molecular weight excluding hydrogens is 729 g/mol. The maximum absolute atomic E-state index is 13.6. The number of nitrogens with zero attached hydrogens (tertiary/aromatic N) is 4. The van der Waals surface area contributed by atoms with Crippen LogP contribution in [0.5, 0.6) is 0 Å². The Kier molecular flexibility index (Phi) is 11.1. The number of H-pyrrole nitrogens is 2. The van der Waals surface area contributed by atoms with Crippen molar-refractivity contribution in [2.24, 2.45) is 11.8 Å². The summed E-state index contributed by atoms with van der Waals surface area (Å²) in [7, 11) is 2.55. The van der Waals surface area contributed by atoms with E-state index in [9.17, 15) is 19.2 Å². The quantitative estimate of drug-likeness (QED) is 0.151. The molecule has 2 aliphatic rings. The van der Waals surface area contributed by atoms with Crippen molar-refractivity contribution in [3.8, 4) is 23.7 Å². The SMILES string of the molecule is COC(=O)N[C@H](C(=O)N1CCC[C@H]1c1ncc(C#Cc2ccc(C#Cc3cnc([C@@H]4CCCN4C(=O)[C@@H](NC(=O)OC)C(C)C)[nH]3)c3c4ccc(o4)c23)[nH]1)C(C)C. The lowest BCUT2D eigenvalue weighted by atomic mass is 10.00. The number of ether oxygens (including phenoxy) is 2. The molecule has 4 N–H and O–H groups in total. The number of aromatic nitrogens is 4. The molecule has 0 unspecified atom stereocenters. The van der Waals surface area contributed by atoms with E-state index < -0.39 is 24.3 Å². The highest BCUT2D eigenvalue weighted by Crippen LogP contribution is 2.36. The predicted molar refractivity (Wildman–Crippen MR) is 210 cm³/mol. The molecule has 2 fully saturated rings. The number of rotatable bonds is 8. The van der Waals surface area contributed by atoms with Crippen LogP contribution in [0.25, 0.3) is 21.9 Å². The first kappa shape index (κ1) is 38.8. The Morgan fingerprint density at radius 3 is 1.51 bits per heavy atom. The summed E-state index contributed by atoms with van der Waals surface area (Å²) in [6, 6.07) is 5.70. The molecular formula is C42H46N8O7. The molecule has 1 aromatic carbocycles. The number of hydrogen-bond donors (Lipinski definition) is 4. The fraction of sp³-hybridized carbons (Fsp3) is 0.429. The highest BCUT2D eigenvalue weighted by atomic mass is 16.5. The van der Waals surface area contributed by atoms with Crippen molar-refractivity contribution in [1.82, 2.24) is 40.4 Å². The number of alkyl carbamates (subject to hydrolysis) is 2. The minimum Gasteiger partial charge on any atom is -0.456 e. The monoisotopic (exact) mass is 774 g/mol. The molecule has 4 amide bonds. The highest BCUT2D eigenvalue weighted by molar-refractivity contribution is 6.12. The van der Waals surface area contributed by atoms with E-state index in [1.54, 1.807) is 22.2 Å². The Hall–Kier alpha value is -6.48. The Bertz CT molecular complexity index is 2260.